The number of rotatable bonds is 6. The summed E-state index contributed by atoms with van der Waals surface area (Å²) in [6, 6.07) is 8.14. The molecule has 0 unspecified atom stereocenters. The second kappa shape index (κ2) is 8.55. The van der Waals surface area contributed by atoms with Gasteiger partial charge in [-0.25, -0.2) is 9.97 Å². The van der Waals surface area contributed by atoms with Crippen molar-refractivity contribution < 1.29 is 17.9 Å². The molecule has 0 saturated carbocycles. The topological polar surface area (TPSA) is 63.7 Å². The maximum atomic E-state index is 12.6. The van der Waals surface area contributed by atoms with E-state index in [-0.39, 0.29) is 0 Å². The Morgan fingerprint density at radius 1 is 1.03 bits per heavy atom. The summed E-state index contributed by atoms with van der Waals surface area (Å²) >= 11 is 6.41. The van der Waals surface area contributed by atoms with E-state index in [1.54, 1.807) is 13.3 Å². The number of H-pyrrole nitrogens is 1. The maximum Gasteiger partial charge on any atom is 0.433 e. The van der Waals surface area contributed by atoms with Crippen LogP contribution >= 0.6 is 11.6 Å². The zero-order chi connectivity index (χ0) is 22.0. The van der Waals surface area contributed by atoms with Crippen LogP contribution in [0.4, 0.5) is 13.2 Å². The van der Waals surface area contributed by atoms with E-state index in [4.69, 9.17) is 16.3 Å². The number of aromatic amines is 1. The van der Waals surface area contributed by atoms with Gasteiger partial charge in [0.1, 0.15) is 22.2 Å². The summed E-state index contributed by atoms with van der Waals surface area (Å²) in [5, 5.41) is 1.35. The molecule has 0 spiro atoms. The number of hydrogen-bond donors (Lipinski definition) is 1. The van der Waals surface area contributed by atoms with E-state index < -0.39 is 11.9 Å². The van der Waals surface area contributed by atoms with Gasteiger partial charge in [-0.1, -0.05) is 23.7 Å². The fourth-order valence-corrected chi connectivity index (χ4v) is 3.52. The number of aryl methyl sites for hydroxylation is 2. The van der Waals surface area contributed by atoms with E-state index >= 15 is 0 Å². The van der Waals surface area contributed by atoms with Crippen molar-refractivity contribution in [1.82, 2.24) is 19.9 Å². The smallest absolute Gasteiger partial charge is 0.433 e. The Kier molecular flexibility index (Phi) is 5.82. The van der Waals surface area contributed by atoms with Crippen LogP contribution in [0.3, 0.4) is 0 Å². The summed E-state index contributed by atoms with van der Waals surface area (Å²) in [7, 11) is 1.59. The van der Waals surface area contributed by atoms with Crippen molar-refractivity contribution in [2.24, 2.45) is 0 Å². The summed E-state index contributed by atoms with van der Waals surface area (Å²) < 4.78 is 43.1. The number of alkyl halides is 3. The molecule has 4 aromatic rings. The van der Waals surface area contributed by atoms with Gasteiger partial charge in [-0.3, -0.25) is 4.98 Å². The van der Waals surface area contributed by atoms with Crippen LogP contribution in [-0.2, 0) is 25.4 Å². The lowest BCUT2D eigenvalue weighted by Crippen LogP contribution is -2.08. The monoisotopic (exact) mass is 446 g/mol. The van der Waals surface area contributed by atoms with Gasteiger partial charge in [0.05, 0.1) is 13.3 Å². The van der Waals surface area contributed by atoms with Crippen LogP contribution < -0.4 is 4.74 Å². The van der Waals surface area contributed by atoms with Gasteiger partial charge in [0.15, 0.2) is 0 Å². The molecule has 0 amide bonds. The SMILES string of the molecule is COc1cnc2[nH]cc(Cc3ccc(CCc4ccc(C(F)(F)F)nc4)nc3Cl)c2c1. The van der Waals surface area contributed by atoms with Crippen LogP contribution in [-0.4, -0.2) is 27.0 Å². The van der Waals surface area contributed by atoms with Crippen LogP contribution in [0, 0.1) is 0 Å². The molecule has 5 nitrogen and oxygen atoms in total. The van der Waals surface area contributed by atoms with E-state index in [1.807, 2.05) is 24.4 Å². The molecule has 9 heteroatoms. The highest BCUT2D eigenvalue weighted by Gasteiger charge is 2.31. The van der Waals surface area contributed by atoms with Crippen molar-refractivity contribution in [3.05, 3.63) is 82.2 Å². The van der Waals surface area contributed by atoms with Gasteiger partial charge in [0.2, 0.25) is 0 Å². The average molecular weight is 447 g/mol. The highest BCUT2D eigenvalue weighted by Crippen LogP contribution is 2.28. The third-order valence-corrected chi connectivity index (χ3v) is 5.30. The van der Waals surface area contributed by atoms with Gasteiger partial charge >= 0.3 is 6.18 Å². The normalized spacial score (nSPS) is 11.8. The summed E-state index contributed by atoms with van der Waals surface area (Å²) in [6.07, 6.45) is 1.98. The van der Waals surface area contributed by atoms with Crippen LogP contribution in [0.2, 0.25) is 5.15 Å². The molecule has 0 aliphatic heterocycles. The molecule has 0 atom stereocenters. The van der Waals surface area contributed by atoms with Crippen LogP contribution in [0.1, 0.15) is 28.1 Å². The summed E-state index contributed by atoms with van der Waals surface area (Å²) in [4.78, 5) is 15.4. The van der Waals surface area contributed by atoms with Gasteiger partial charge in [0, 0.05) is 29.9 Å². The third kappa shape index (κ3) is 4.80. The lowest BCUT2D eigenvalue weighted by atomic mass is 10.0. The molecule has 0 aliphatic carbocycles. The van der Waals surface area contributed by atoms with Crippen molar-refractivity contribution >= 4 is 22.6 Å². The number of pyridine rings is 3. The number of nitrogens with zero attached hydrogens (tertiary/aromatic N) is 3. The first-order valence-electron chi connectivity index (χ1n) is 9.50. The van der Waals surface area contributed by atoms with Gasteiger partial charge in [-0.05, 0) is 47.7 Å². The highest BCUT2D eigenvalue weighted by atomic mass is 35.5. The van der Waals surface area contributed by atoms with E-state index in [0.717, 1.165) is 33.9 Å². The number of halogens is 4. The minimum Gasteiger partial charge on any atom is -0.495 e. The lowest BCUT2D eigenvalue weighted by Gasteiger charge is -2.08. The van der Waals surface area contributed by atoms with Gasteiger partial charge in [-0.15, -0.1) is 0 Å². The van der Waals surface area contributed by atoms with Crippen molar-refractivity contribution in [3.63, 3.8) is 0 Å². The maximum absolute atomic E-state index is 12.6. The molecule has 4 rings (SSSR count). The Hall–Kier alpha value is -3.13. The van der Waals surface area contributed by atoms with Crippen molar-refractivity contribution in [2.75, 3.05) is 7.11 Å². The standard InChI is InChI=1S/C22H18ClF3N4O/c1-31-17-9-18-15(11-28-21(18)29-12-17)8-14-4-6-16(30-20(14)23)5-2-13-3-7-19(27-10-13)22(24,25)26/h3-4,6-7,9-12H,2,5,8H2,1H3,(H,28,29). The van der Waals surface area contributed by atoms with Crippen LogP contribution in [0.5, 0.6) is 5.75 Å². The second-order valence-electron chi connectivity index (χ2n) is 7.06. The summed E-state index contributed by atoms with van der Waals surface area (Å²) in [5.41, 5.74) is 3.22. The molecule has 160 valence electrons. The number of ether oxygens (including phenoxy) is 1. The van der Waals surface area contributed by atoms with Gasteiger partial charge in [-0.2, -0.15) is 13.2 Å². The molecule has 31 heavy (non-hydrogen) atoms. The first-order valence-corrected chi connectivity index (χ1v) is 9.87. The zero-order valence-corrected chi connectivity index (χ0v) is 17.3. The molecular weight excluding hydrogens is 429 g/mol. The largest absolute Gasteiger partial charge is 0.495 e. The fraction of sp³-hybridized carbons (Fsp3) is 0.227. The zero-order valence-electron chi connectivity index (χ0n) is 16.5. The van der Waals surface area contributed by atoms with Crippen molar-refractivity contribution in [1.29, 1.82) is 0 Å². The average Bonchev–Trinajstić information content (AvgIpc) is 3.15. The number of methoxy groups -OCH3 is 1. The van der Waals surface area contributed by atoms with E-state index in [1.165, 1.54) is 12.3 Å². The van der Waals surface area contributed by atoms with Crippen molar-refractivity contribution in [3.8, 4) is 5.75 Å². The molecule has 0 saturated heterocycles. The number of fused-ring (bicyclic) bond motifs is 1. The van der Waals surface area contributed by atoms with Crippen LogP contribution in [0.25, 0.3) is 11.0 Å². The fourth-order valence-electron chi connectivity index (χ4n) is 3.29. The Labute approximate surface area is 181 Å². The molecule has 0 fully saturated rings. The summed E-state index contributed by atoms with van der Waals surface area (Å²) in [6.45, 7) is 0. The molecule has 0 bridgehead atoms. The second-order valence-corrected chi connectivity index (χ2v) is 7.42. The molecule has 1 N–H and O–H groups in total. The van der Waals surface area contributed by atoms with Gasteiger partial charge in [0.25, 0.3) is 0 Å². The summed E-state index contributed by atoms with van der Waals surface area (Å²) in [5.74, 6) is 0.672. The third-order valence-electron chi connectivity index (χ3n) is 4.98. The van der Waals surface area contributed by atoms with Crippen LogP contribution in [0.15, 0.2) is 48.9 Å². The predicted octanol–water partition coefficient (Wildman–Crippen LogP) is 5.41. The number of nitrogens with one attached hydrogen (secondary N) is 1. The Balaban J connectivity index is 1.45. The van der Waals surface area contributed by atoms with Crippen molar-refractivity contribution in [2.45, 2.75) is 25.4 Å². The van der Waals surface area contributed by atoms with E-state index in [2.05, 4.69) is 19.9 Å². The Morgan fingerprint density at radius 2 is 1.87 bits per heavy atom. The number of aromatic nitrogens is 4. The molecule has 0 aliphatic rings. The molecule has 4 aromatic heterocycles. The molecule has 0 radical (unpaired) electrons. The van der Waals surface area contributed by atoms with Gasteiger partial charge < -0.3 is 9.72 Å². The first-order chi connectivity index (χ1) is 14.8. The van der Waals surface area contributed by atoms with E-state index in [9.17, 15) is 13.2 Å². The first kappa shape index (κ1) is 21.1. The minimum absolute atomic E-state index is 0.397. The van der Waals surface area contributed by atoms with E-state index in [0.29, 0.717) is 35.7 Å². The molecular formula is C22H18ClF3N4O. The predicted molar refractivity (Wildman–Crippen MR) is 111 cm³/mol. The molecule has 0 aromatic carbocycles. The molecule has 4 heterocycles. The Bertz CT molecular complexity index is 1210. The Morgan fingerprint density at radius 3 is 2.55 bits per heavy atom. The number of hydrogen-bond acceptors (Lipinski definition) is 4. The minimum atomic E-state index is -4.44. The quantitative estimate of drug-likeness (QED) is 0.402. The highest BCUT2D eigenvalue weighted by molar-refractivity contribution is 6.30. The lowest BCUT2D eigenvalue weighted by molar-refractivity contribution is -0.141.